The van der Waals surface area contributed by atoms with Crippen LogP contribution in [0, 0.1) is 12.7 Å². The van der Waals surface area contributed by atoms with E-state index in [0.717, 1.165) is 53.6 Å². The standard InChI is InChI=1S/C40H53FN6O5/c1-8-29-23-34(45(6)44-29)38(49)42-30-17-15-27(16-18-30)22-31(43-39(50)52-40(3,4)5)24-35(48)46-19-10-12-28(25-46)36-26(2)32-13-9-14-33(41)37(32)47(36)20-11-21-51-7/h9,13-18,23,28,31H,8,10-12,19-22,24-25H2,1-7H3,(H,42,49)(H,43,50)/t28?,31-/m1/s1. The summed E-state index contributed by atoms with van der Waals surface area (Å²) >= 11 is 0. The number of benzene rings is 2. The van der Waals surface area contributed by atoms with Gasteiger partial charge in [-0.1, -0.05) is 31.2 Å². The van der Waals surface area contributed by atoms with Gasteiger partial charge in [-0.3, -0.25) is 14.3 Å². The highest BCUT2D eigenvalue weighted by Gasteiger charge is 2.31. The molecule has 4 aromatic rings. The number of piperidine rings is 1. The number of aryl methyl sites for hydroxylation is 4. The SMILES string of the molecule is CCc1cc(C(=O)Nc2ccc(C[C@H](CC(=O)N3CCCC(c4c(C)c5cccc(F)c5n4CCCOC)C3)NC(=O)OC(C)(C)C)cc2)n(C)n1. The number of amides is 3. The van der Waals surface area contributed by atoms with Gasteiger partial charge in [0.2, 0.25) is 5.91 Å². The van der Waals surface area contributed by atoms with Gasteiger partial charge in [-0.25, -0.2) is 9.18 Å². The van der Waals surface area contributed by atoms with E-state index in [1.54, 1.807) is 51.7 Å². The van der Waals surface area contributed by atoms with Gasteiger partial charge in [0.05, 0.1) is 11.2 Å². The van der Waals surface area contributed by atoms with Crippen molar-refractivity contribution in [3.8, 4) is 0 Å². The largest absolute Gasteiger partial charge is 0.444 e. The van der Waals surface area contributed by atoms with E-state index >= 15 is 4.39 Å². The lowest BCUT2D eigenvalue weighted by Gasteiger charge is -2.35. The highest BCUT2D eigenvalue weighted by Crippen LogP contribution is 2.37. The Hall–Kier alpha value is -4.71. The zero-order valence-corrected chi connectivity index (χ0v) is 31.6. The molecule has 5 rings (SSSR count). The van der Waals surface area contributed by atoms with E-state index in [1.165, 1.54) is 6.07 Å². The third-order valence-corrected chi connectivity index (χ3v) is 9.59. The molecule has 2 N–H and O–H groups in total. The van der Waals surface area contributed by atoms with Crippen molar-refractivity contribution in [2.24, 2.45) is 7.05 Å². The number of carbonyl (C=O) groups is 3. The molecule has 3 amide bonds. The normalized spacial score (nSPS) is 15.5. The van der Waals surface area contributed by atoms with Crippen LogP contribution in [-0.4, -0.2) is 75.6 Å². The minimum absolute atomic E-state index is 0.0342. The van der Waals surface area contributed by atoms with Gasteiger partial charge in [-0.05, 0) is 95.2 Å². The Morgan fingerprint density at radius 2 is 1.87 bits per heavy atom. The van der Waals surface area contributed by atoms with E-state index < -0.39 is 17.7 Å². The molecule has 0 spiro atoms. The second-order valence-corrected chi connectivity index (χ2v) is 14.7. The van der Waals surface area contributed by atoms with Crippen LogP contribution in [0.15, 0.2) is 48.5 Å². The Bertz CT molecular complexity index is 1880. The molecule has 1 aliphatic heterocycles. The van der Waals surface area contributed by atoms with Gasteiger partial charge in [0.15, 0.2) is 0 Å². The number of halogens is 1. The molecule has 1 unspecified atom stereocenters. The lowest BCUT2D eigenvalue weighted by atomic mass is 9.91. The molecular formula is C40H53FN6O5. The van der Waals surface area contributed by atoms with Gasteiger partial charge in [0, 0.05) is 75.5 Å². The first-order valence-corrected chi connectivity index (χ1v) is 18.2. The molecular weight excluding hydrogens is 663 g/mol. The molecule has 1 saturated heterocycles. The highest BCUT2D eigenvalue weighted by molar-refractivity contribution is 6.03. The number of hydrogen-bond acceptors (Lipinski definition) is 6. The van der Waals surface area contributed by atoms with Gasteiger partial charge in [0.25, 0.3) is 5.91 Å². The average Bonchev–Trinajstić information content (AvgIpc) is 3.62. The summed E-state index contributed by atoms with van der Waals surface area (Å²) in [6, 6.07) is 13.8. The number of fused-ring (bicyclic) bond motifs is 1. The number of hydrogen-bond donors (Lipinski definition) is 2. The minimum atomic E-state index is -0.705. The lowest BCUT2D eigenvalue weighted by Crippen LogP contribution is -2.46. The molecule has 52 heavy (non-hydrogen) atoms. The quantitative estimate of drug-likeness (QED) is 0.145. The molecule has 3 heterocycles. The molecule has 0 saturated carbocycles. The van der Waals surface area contributed by atoms with Crippen molar-refractivity contribution < 1.29 is 28.2 Å². The van der Waals surface area contributed by atoms with E-state index in [1.807, 2.05) is 49.1 Å². The second kappa shape index (κ2) is 16.8. The third-order valence-electron chi connectivity index (χ3n) is 9.59. The van der Waals surface area contributed by atoms with Crippen molar-refractivity contribution in [1.29, 1.82) is 0 Å². The molecule has 0 aliphatic carbocycles. The van der Waals surface area contributed by atoms with Crippen LogP contribution >= 0.6 is 0 Å². The molecule has 0 bridgehead atoms. The number of nitrogens with zero attached hydrogens (tertiary/aromatic N) is 4. The summed E-state index contributed by atoms with van der Waals surface area (Å²) in [5.41, 5.74) is 4.82. The van der Waals surface area contributed by atoms with Crippen molar-refractivity contribution in [2.75, 3.05) is 32.1 Å². The number of likely N-dealkylation sites (tertiary alicyclic amines) is 1. The van der Waals surface area contributed by atoms with Crippen LogP contribution in [0.5, 0.6) is 0 Å². The van der Waals surface area contributed by atoms with E-state index in [-0.39, 0.29) is 30.0 Å². The molecule has 2 aromatic carbocycles. The minimum Gasteiger partial charge on any atom is -0.444 e. The maximum absolute atomic E-state index is 15.2. The molecule has 12 heteroatoms. The van der Waals surface area contributed by atoms with E-state index in [2.05, 4.69) is 20.3 Å². The predicted molar refractivity (Wildman–Crippen MR) is 200 cm³/mol. The fourth-order valence-electron chi connectivity index (χ4n) is 7.21. The van der Waals surface area contributed by atoms with Crippen molar-refractivity contribution in [1.82, 2.24) is 24.6 Å². The summed E-state index contributed by atoms with van der Waals surface area (Å²) in [6.45, 7) is 11.7. The molecule has 1 aliphatic rings. The topological polar surface area (TPSA) is 120 Å². The summed E-state index contributed by atoms with van der Waals surface area (Å²) in [5, 5.41) is 11.1. The fraction of sp³-hybridized carbons (Fsp3) is 0.500. The van der Waals surface area contributed by atoms with Gasteiger partial charge in [-0.2, -0.15) is 5.10 Å². The third kappa shape index (κ3) is 9.39. The van der Waals surface area contributed by atoms with E-state index in [9.17, 15) is 14.4 Å². The van der Waals surface area contributed by atoms with Crippen molar-refractivity contribution >= 4 is 34.5 Å². The fourth-order valence-corrected chi connectivity index (χ4v) is 7.21. The van der Waals surface area contributed by atoms with Crippen LogP contribution in [0.25, 0.3) is 10.9 Å². The van der Waals surface area contributed by atoms with E-state index in [0.29, 0.717) is 49.6 Å². The summed E-state index contributed by atoms with van der Waals surface area (Å²) in [4.78, 5) is 41.7. The highest BCUT2D eigenvalue weighted by atomic mass is 19.1. The molecule has 2 atom stereocenters. The number of alkyl carbamates (subject to hydrolysis) is 1. The first-order chi connectivity index (χ1) is 24.8. The summed E-state index contributed by atoms with van der Waals surface area (Å²) < 4.78 is 29.8. The summed E-state index contributed by atoms with van der Waals surface area (Å²) in [6.07, 6.45) is 3.04. The van der Waals surface area contributed by atoms with Crippen molar-refractivity contribution in [3.63, 3.8) is 0 Å². The number of anilines is 1. The van der Waals surface area contributed by atoms with Gasteiger partial charge in [0.1, 0.15) is 17.1 Å². The Kier molecular flexibility index (Phi) is 12.4. The van der Waals surface area contributed by atoms with Crippen molar-refractivity contribution in [2.45, 2.75) is 97.2 Å². The number of rotatable bonds is 13. The zero-order chi connectivity index (χ0) is 37.6. The average molecular weight is 717 g/mol. The maximum atomic E-state index is 15.2. The van der Waals surface area contributed by atoms with Crippen LogP contribution in [0.4, 0.5) is 14.9 Å². The number of carbonyl (C=O) groups excluding carboxylic acids is 3. The number of para-hydroxylation sites is 1. The monoisotopic (exact) mass is 716 g/mol. The number of ether oxygens (including phenoxy) is 2. The Labute approximate surface area is 305 Å². The number of methoxy groups -OCH3 is 1. The summed E-state index contributed by atoms with van der Waals surface area (Å²) in [7, 11) is 3.41. The van der Waals surface area contributed by atoms with Crippen LogP contribution in [-0.2, 0) is 40.7 Å². The van der Waals surface area contributed by atoms with Crippen LogP contribution in [0.3, 0.4) is 0 Å². The Morgan fingerprint density at radius 1 is 1.12 bits per heavy atom. The van der Waals surface area contributed by atoms with Crippen LogP contribution in [0.2, 0.25) is 0 Å². The zero-order valence-electron chi connectivity index (χ0n) is 31.6. The molecule has 2 aromatic heterocycles. The molecule has 11 nitrogen and oxygen atoms in total. The number of aromatic nitrogens is 3. The predicted octanol–water partition coefficient (Wildman–Crippen LogP) is 6.91. The van der Waals surface area contributed by atoms with E-state index in [4.69, 9.17) is 9.47 Å². The smallest absolute Gasteiger partial charge is 0.407 e. The van der Waals surface area contributed by atoms with Gasteiger partial charge < -0.3 is 29.6 Å². The molecule has 1 fully saturated rings. The maximum Gasteiger partial charge on any atom is 0.407 e. The van der Waals surface area contributed by atoms with Gasteiger partial charge >= 0.3 is 6.09 Å². The molecule has 280 valence electrons. The van der Waals surface area contributed by atoms with Gasteiger partial charge in [-0.15, -0.1) is 0 Å². The Balaban J connectivity index is 1.31. The summed E-state index contributed by atoms with van der Waals surface area (Å²) in [5.74, 6) is -0.540. The van der Waals surface area contributed by atoms with Crippen LogP contribution in [0.1, 0.15) is 92.3 Å². The Morgan fingerprint density at radius 3 is 2.54 bits per heavy atom. The number of nitrogens with one attached hydrogen (secondary N) is 2. The lowest BCUT2D eigenvalue weighted by molar-refractivity contribution is -0.132. The molecule has 0 radical (unpaired) electrons. The second-order valence-electron chi connectivity index (χ2n) is 14.7. The van der Waals surface area contributed by atoms with Crippen molar-refractivity contribution in [3.05, 3.63) is 82.6 Å². The first kappa shape index (κ1) is 38.5. The first-order valence-electron chi connectivity index (χ1n) is 18.2. The van der Waals surface area contributed by atoms with Crippen LogP contribution < -0.4 is 10.6 Å².